The maximum Gasteiger partial charge on any atom is 0.102 e. The third-order valence-electron chi connectivity index (χ3n) is 2.43. The molecular weight excluding hydrogens is 186 g/mol. The van der Waals surface area contributed by atoms with Crippen LogP contribution in [0.25, 0.3) is 0 Å². The van der Waals surface area contributed by atoms with E-state index in [2.05, 4.69) is 4.98 Å². The van der Waals surface area contributed by atoms with Crippen LogP contribution in [0, 0.1) is 5.92 Å². The third-order valence-corrected chi connectivity index (χ3v) is 3.04. The maximum atomic E-state index is 9.89. The molecule has 1 aliphatic heterocycles. The lowest BCUT2D eigenvalue weighted by atomic mass is 9.98. The average Bonchev–Trinajstić information content (AvgIpc) is 2.72. The van der Waals surface area contributed by atoms with Crippen LogP contribution in [0.4, 0.5) is 0 Å². The summed E-state index contributed by atoms with van der Waals surface area (Å²) in [5.74, 6) is 0.220. The Labute approximate surface area is 81.4 Å². The van der Waals surface area contributed by atoms with Crippen molar-refractivity contribution in [2.45, 2.75) is 25.6 Å². The highest BCUT2D eigenvalue weighted by atomic mass is 32.1. The summed E-state index contributed by atoms with van der Waals surface area (Å²) in [6.45, 7) is 2.69. The molecule has 13 heavy (non-hydrogen) atoms. The largest absolute Gasteiger partial charge is 0.386 e. The fourth-order valence-electron chi connectivity index (χ4n) is 1.68. The second-order valence-corrected chi connectivity index (χ2v) is 4.22. The Kier molecular flexibility index (Phi) is 2.62. The molecule has 0 amide bonds. The Bertz CT molecular complexity index is 263. The predicted octanol–water partition coefficient (Wildman–Crippen LogP) is 1.60. The van der Waals surface area contributed by atoms with Crippen LogP contribution in [0.2, 0.25) is 0 Å². The molecule has 3 atom stereocenters. The first-order valence-corrected chi connectivity index (χ1v) is 5.39. The molecule has 3 unspecified atom stereocenters. The molecule has 0 bridgehead atoms. The van der Waals surface area contributed by atoms with E-state index >= 15 is 0 Å². The van der Waals surface area contributed by atoms with E-state index < -0.39 is 6.10 Å². The number of hydrogen-bond donors (Lipinski definition) is 1. The fourth-order valence-corrected chi connectivity index (χ4v) is 2.26. The van der Waals surface area contributed by atoms with Crippen LogP contribution in [-0.4, -0.2) is 22.8 Å². The number of thiazole rings is 1. The van der Waals surface area contributed by atoms with E-state index in [4.69, 9.17) is 4.74 Å². The van der Waals surface area contributed by atoms with E-state index in [0.29, 0.717) is 6.61 Å². The van der Waals surface area contributed by atoms with Gasteiger partial charge in [0.25, 0.3) is 0 Å². The first kappa shape index (κ1) is 9.12. The van der Waals surface area contributed by atoms with Gasteiger partial charge in [0.05, 0.1) is 23.9 Å². The van der Waals surface area contributed by atoms with Gasteiger partial charge in [-0.15, -0.1) is 11.3 Å². The smallest absolute Gasteiger partial charge is 0.102 e. The van der Waals surface area contributed by atoms with Gasteiger partial charge in [-0.3, -0.25) is 0 Å². The number of nitrogens with zero attached hydrogens (tertiary/aromatic N) is 1. The second kappa shape index (κ2) is 3.74. The van der Waals surface area contributed by atoms with Crippen LogP contribution < -0.4 is 0 Å². The van der Waals surface area contributed by atoms with Crippen molar-refractivity contribution in [2.24, 2.45) is 5.92 Å². The van der Waals surface area contributed by atoms with Crippen molar-refractivity contribution in [3.05, 3.63) is 16.6 Å². The van der Waals surface area contributed by atoms with Gasteiger partial charge < -0.3 is 9.84 Å². The summed E-state index contributed by atoms with van der Waals surface area (Å²) in [6.07, 6.45) is 0.757. The Balaban J connectivity index is 2.02. The molecule has 3 nitrogen and oxygen atoms in total. The molecule has 0 saturated carbocycles. The van der Waals surface area contributed by atoms with Crippen LogP contribution in [0.15, 0.2) is 10.9 Å². The monoisotopic (exact) mass is 199 g/mol. The molecule has 2 rings (SSSR count). The van der Waals surface area contributed by atoms with E-state index in [0.717, 1.165) is 12.1 Å². The summed E-state index contributed by atoms with van der Waals surface area (Å²) in [5, 5.41) is 11.8. The van der Waals surface area contributed by atoms with Gasteiger partial charge in [0.2, 0.25) is 0 Å². The van der Waals surface area contributed by atoms with Crippen molar-refractivity contribution in [1.82, 2.24) is 4.98 Å². The SMILES string of the molecule is CC1CC(C(O)c2cscn2)CO1. The molecule has 2 heterocycles. The van der Waals surface area contributed by atoms with Gasteiger partial charge in [-0.2, -0.15) is 0 Å². The number of ether oxygens (including phenoxy) is 1. The first-order chi connectivity index (χ1) is 6.27. The van der Waals surface area contributed by atoms with E-state index in [-0.39, 0.29) is 12.0 Å². The highest BCUT2D eigenvalue weighted by Crippen LogP contribution is 2.31. The quantitative estimate of drug-likeness (QED) is 0.786. The molecule has 1 aromatic rings. The zero-order valence-electron chi connectivity index (χ0n) is 7.51. The van der Waals surface area contributed by atoms with E-state index in [1.165, 1.54) is 11.3 Å². The summed E-state index contributed by atoms with van der Waals surface area (Å²) in [7, 11) is 0. The van der Waals surface area contributed by atoms with Crippen LogP contribution in [0.3, 0.4) is 0 Å². The van der Waals surface area contributed by atoms with Gasteiger partial charge in [0, 0.05) is 11.3 Å². The Morgan fingerprint density at radius 1 is 1.77 bits per heavy atom. The van der Waals surface area contributed by atoms with E-state index in [9.17, 15) is 5.11 Å². The first-order valence-electron chi connectivity index (χ1n) is 4.45. The van der Waals surface area contributed by atoms with Gasteiger partial charge >= 0.3 is 0 Å². The van der Waals surface area contributed by atoms with Gasteiger partial charge in [-0.25, -0.2) is 4.98 Å². The zero-order valence-corrected chi connectivity index (χ0v) is 8.33. The Hall–Kier alpha value is -0.450. The lowest BCUT2D eigenvalue weighted by Gasteiger charge is -2.13. The molecule has 1 aliphatic rings. The average molecular weight is 199 g/mol. The molecule has 1 saturated heterocycles. The Morgan fingerprint density at radius 2 is 2.62 bits per heavy atom. The van der Waals surface area contributed by atoms with Crippen LogP contribution in [0.5, 0.6) is 0 Å². The molecule has 0 aliphatic carbocycles. The van der Waals surface area contributed by atoms with E-state index in [1.54, 1.807) is 5.51 Å². The minimum atomic E-state index is -0.448. The Morgan fingerprint density at radius 3 is 3.15 bits per heavy atom. The number of hydrogen-bond acceptors (Lipinski definition) is 4. The molecule has 1 fully saturated rings. The summed E-state index contributed by atoms with van der Waals surface area (Å²) in [6, 6.07) is 0. The van der Waals surface area contributed by atoms with Crippen molar-refractivity contribution >= 4 is 11.3 Å². The lowest BCUT2D eigenvalue weighted by Crippen LogP contribution is -2.12. The van der Waals surface area contributed by atoms with Gasteiger partial charge in [-0.1, -0.05) is 0 Å². The second-order valence-electron chi connectivity index (χ2n) is 3.50. The number of aromatic nitrogens is 1. The normalized spacial score (nSPS) is 30.6. The summed E-state index contributed by atoms with van der Waals surface area (Å²) in [4.78, 5) is 4.10. The highest BCUT2D eigenvalue weighted by molar-refractivity contribution is 7.07. The third kappa shape index (κ3) is 1.90. The molecule has 4 heteroatoms. The maximum absolute atomic E-state index is 9.89. The lowest BCUT2D eigenvalue weighted by molar-refractivity contribution is 0.0784. The molecule has 72 valence electrons. The van der Waals surface area contributed by atoms with Crippen molar-refractivity contribution in [3.63, 3.8) is 0 Å². The minimum absolute atomic E-state index is 0.220. The highest BCUT2D eigenvalue weighted by Gasteiger charge is 2.30. The number of aliphatic hydroxyl groups excluding tert-OH is 1. The number of aliphatic hydroxyl groups is 1. The standard InChI is InChI=1S/C9H13NO2S/c1-6-2-7(3-12-6)9(11)8-4-13-5-10-8/h4-7,9,11H,2-3H2,1H3. The fraction of sp³-hybridized carbons (Fsp3) is 0.667. The molecule has 1 N–H and O–H groups in total. The molecule has 0 aromatic carbocycles. The molecular formula is C9H13NO2S. The van der Waals surface area contributed by atoms with Crippen LogP contribution >= 0.6 is 11.3 Å². The molecule has 1 aromatic heterocycles. The van der Waals surface area contributed by atoms with Gasteiger partial charge in [-0.05, 0) is 13.3 Å². The van der Waals surface area contributed by atoms with Crippen LogP contribution in [0.1, 0.15) is 25.1 Å². The summed E-state index contributed by atoms with van der Waals surface area (Å²) >= 11 is 1.52. The topological polar surface area (TPSA) is 42.4 Å². The summed E-state index contributed by atoms with van der Waals surface area (Å²) < 4.78 is 5.40. The van der Waals surface area contributed by atoms with Crippen molar-refractivity contribution in [1.29, 1.82) is 0 Å². The minimum Gasteiger partial charge on any atom is -0.386 e. The van der Waals surface area contributed by atoms with Gasteiger partial charge in [0.1, 0.15) is 6.10 Å². The molecule has 0 spiro atoms. The van der Waals surface area contributed by atoms with Gasteiger partial charge in [0.15, 0.2) is 0 Å². The van der Waals surface area contributed by atoms with Crippen LogP contribution in [-0.2, 0) is 4.74 Å². The van der Waals surface area contributed by atoms with Crippen molar-refractivity contribution < 1.29 is 9.84 Å². The van der Waals surface area contributed by atoms with Crippen molar-refractivity contribution in [3.8, 4) is 0 Å². The summed E-state index contributed by atoms with van der Waals surface area (Å²) in [5.41, 5.74) is 2.53. The zero-order chi connectivity index (χ0) is 9.26. The predicted molar refractivity (Wildman–Crippen MR) is 50.6 cm³/mol. The van der Waals surface area contributed by atoms with E-state index in [1.807, 2.05) is 12.3 Å². The van der Waals surface area contributed by atoms with Crippen molar-refractivity contribution in [2.75, 3.05) is 6.61 Å². The molecule has 0 radical (unpaired) electrons. The number of rotatable bonds is 2.